The zero-order chi connectivity index (χ0) is 18.8. The predicted molar refractivity (Wildman–Crippen MR) is 109 cm³/mol. The van der Waals surface area contributed by atoms with Crippen LogP contribution >= 0.6 is 0 Å². The maximum absolute atomic E-state index is 11.0. The molecule has 0 fully saturated rings. The van der Waals surface area contributed by atoms with Gasteiger partial charge in [-0.1, -0.05) is 83.3 Å². The van der Waals surface area contributed by atoms with E-state index in [1.54, 1.807) is 6.92 Å². The molecule has 0 aliphatic carbocycles. The van der Waals surface area contributed by atoms with Gasteiger partial charge in [0.25, 0.3) is 0 Å². The van der Waals surface area contributed by atoms with Crippen molar-refractivity contribution in [3.8, 4) is 0 Å². The topological polar surface area (TPSA) is 63.3 Å². The van der Waals surface area contributed by atoms with E-state index in [1.165, 1.54) is 77.0 Å². The van der Waals surface area contributed by atoms with Crippen molar-refractivity contribution in [2.24, 2.45) is 11.7 Å². The van der Waals surface area contributed by atoms with Gasteiger partial charge in [0.1, 0.15) is 0 Å². The third-order valence-electron chi connectivity index (χ3n) is 4.98. The second-order valence-electron chi connectivity index (χ2n) is 7.53. The summed E-state index contributed by atoms with van der Waals surface area (Å²) in [5.74, 6) is -1.13. The Labute approximate surface area is 156 Å². The molecule has 0 aromatic heterocycles. The molecule has 0 aromatic rings. The molecule has 0 saturated heterocycles. The fourth-order valence-corrected chi connectivity index (χ4v) is 3.22. The van der Waals surface area contributed by atoms with Crippen molar-refractivity contribution < 1.29 is 9.90 Å². The molecule has 0 saturated carbocycles. The SMILES string of the molecule is CCCCCCCC/C=C\CCCCCCCCC(C(=O)O)C(C)N. The number of carboxylic acids is 1. The molecule has 3 N–H and O–H groups in total. The summed E-state index contributed by atoms with van der Waals surface area (Å²) in [5.41, 5.74) is 5.72. The molecule has 0 aliphatic heterocycles. The minimum absolute atomic E-state index is 0.249. The van der Waals surface area contributed by atoms with Gasteiger partial charge >= 0.3 is 5.97 Å². The largest absolute Gasteiger partial charge is 0.481 e. The highest BCUT2D eigenvalue weighted by Gasteiger charge is 2.20. The lowest BCUT2D eigenvalue weighted by Gasteiger charge is -2.15. The highest BCUT2D eigenvalue weighted by atomic mass is 16.4. The maximum Gasteiger partial charge on any atom is 0.308 e. The van der Waals surface area contributed by atoms with E-state index in [-0.39, 0.29) is 12.0 Å². The van der Waals surface area contributed by atoms with E-state index in [1.807, 2.05) is 0 Å². The smallest absolute Gasteiger partial charge is 0.308 e. The molecule has 2 unspecified atom stereocenters. The summed E-state index contributed by atoms with van der Waals surface area (Å²) >= 11 is 0. The Balaban J connectivity index is 3.30. The van der Waals surface area contributed by atoms with Crippen LogP contribution in [-0.4, -0.2) is 17.1 Å². The summed E-state index contributed by atoms with van der Waals surface area (Å²) in [6.07, 6.45) is 23.3. The van der Waals surface area contributed by atoms with Crippen LogP contribution in [-0.2, 0) is 4.79 Å². The molecule has 2 atom stereocenters. The van der Waals surface area contributed by atoms with Crippen LogP contribution in [0.2, 0.25) is 0 Å². The minimum atomic E-state index is -0.747. The van der Waals surface area contributed by atoms with Gasteiger partial charge in [-0.15, -0.1) is 0 Å². The first-order valence-electron chi connectivity index (χ1n) is 10.7. The molecular weight excluding hydrogens is 310 g/mol. The molecule has 0 aromatic carbocycles. The lowest BCUT2D eigenvalue weighted by molar-refractivity contribution is -0.142. The summed E-state index contributed by atoms with van der Waals surface area (Å²) in [7, 11) is 0. The standard InChI is InChI=1S/C22H43NO2/c1-3-4-5-6-7-8-9-10-11-12-13-14-15-16-17-18-19-21(20(2)23)22(24)25/h10-11,20-21H,3-9,12-19,23H2,1-2H3,(H,24,25)/b11-10-. The van der Waals surface area contributed by atoms with Crippen molar-refractivity contribution in [3.63, 3.8) is 0 Å². The van der Waals surface area contributed by atoms with E-state index < -0.39 is 5.97 Å². The molecule has 3 heteroatoms. The monoisotopic (exact) mass is 353 g/mol. The molecule has 0 spiro atoms. The maximum atomic E-state index is 11.0. The zero-order valence-corrected chi connectivity index (χ0v) is 16.8. The van der Waals surface area contributed by atoms with Gasteiger partial charge in [-0.05, 0) is 39.0 Å². The van der Waals surface area contributed by atoms with Gasteiger partial charge in [0, 0.05) is 6.04 Å². The first-order chi connectivity index (χ1) is 12.1. The van der Waals surface area contributed by atoms with Crippen molar-refractivity contribution in [1.29, 1.82) is 0 Å². The van der Waals surface area contributed by atoms with Gasteiger partial charge in [-0.25, -0.2) is 0 Å². The predicted octanol–water partition coefficient (Wildman–Crippen LogP) is 6.46. The van der Waals surface area contributed by atoms with E-state index in [9.17, 15) is 4.79 Å². The molecular formula is C22H43NO2. The van der Waals surface area contributed by atoms with Crippen LogP contribution in [0, 0.1) is 5.92 Å². The Hall–Kier alpha value is -0.830. The van der Waals surface area contributed by atoms with Gasteiger partial charge < -0.3 is 10.8 Å². The number of rotatable bonds is 18. The van der Waals surface area contributed by atoms with Crippen LogP contribution < -0.4 is 5.73 Å². The quantitative estimate of drug-likeness (QED) is 0.219. The number of carboxylic acid groups (broad SMARTS) is 1. The van der Waals surface area contributed by atoms with Crippen molar-refractivity contribution in [2.45, 2.75) is 116 Å². The van der Waals surface area contributed by atoms with E-state index in [0.29, 0.717) is 6.42 Å². The number of aliphatic carboxylic acids is 1. The summed E-state index contributed by atoms with van der Waals surface area (Å²) in [6.45, 7) is 4.05. The molecule has 0 aliphatic rings. The molecule has 3 nitrogen and oxygen atoms in total. The first-order valence-corrected chi connectivity index (χ1v) is 10.7. The van der Waals surface area contributed by atoms with Gasteiger partial charge in [0.05, 0.1) is 5.92 Å². The Morgan fingerprint density at radius 2 is 1.28 bits per heavy atom. The number of hydrogen-bond acceptors (Lipinski definition) is 2. The lowest BCUT2D eigenvalue weighted by Crippen LogP contribution is -2.32. The third kappa shape index (κ3) is 16.4. The fourth-order valence-electron chi connectivity index (χ4n) is 3.22. The van der Waals surface area contributed by atoms with Crippen molar-refractivity contribution >= 4 is 5.97 Å². The highest BCUT2D eigenvalue weighted by Crippen LogP contribution is 2.15. The molecule has 0 heterocycles. The highest BCUT2D eigenvalue weighted by molar-refractivity contribution is 5.70. The number of carbonyl (C=O) groups is 1. The average molecular weight is 354 g/mol. The van der Waals surface area contributed by atoms with E-state index in [0.717, 1.165) is 12.8 Å². The Morgan fingerprint density at radius 1 is 0.840 bits per heavy atom. The molecule has 148 valence electrons. The Kier molecular flexibility index (Phi) is 17.4. The zero-order valence-electron chi connectivity index (χ0n) is 16.8. The summed E-state index contributed by atoms with van der Waals surface area (Å²) < 4.78 is 0. The van der Waals surface area contributed by atoms with Crippen LogP contribution in [0.1, 0.15) is 110 Å². The summed E-state index contributed by atoms with van der Waals surface area (Å²) in [5, 5.41) is 9.08. The summed E-state index contributed by atoms with van der Waals surface area (Å²) in [6, 6.07) is -0.249. The number of nitrogens with two attached hydrogens (primary N) is 1. The van der Waals surface area contributed by atoms with Crippen molar-refractivity contribution in [3.05, 3.63) is 12.2 Å². The summed E-state index contributed by atoms with van der Waals surface area (Å²) in [4.78, 5) is 11.0. The van der Waals surface area contributed by atoms with Crippen molar-refractivity contribution in [2.75, 3.05) is 0 Å². The van der Waals surface area contributed by atoms with E-state index in [2.05, 4.69) is 19.1 Å². The van der Waals surface area contributed by atoms with Crippen molar-refractivity contribution in [1.82, 2.24) is 0 Å². The molecule has 0 amide bonds. The van der Waals surface area contributed by atoms with Gasteiger partial charge in [0.15, 0.2) is 0 Å². The molecule has 0 rings (SSSR count). The van der Waals surface area contributed by atoms with Gasteiger partial charge in [0.2, 0.25) is 0 Å². The second-order valence-corrected chi connectivity index (χ2v) is 7.53. The second kappa shape index (κ2) is 18.0. The first kappa shape index (κ1) is 24.2. The van der Waals surface area contributed by atoms with Crippen LogP contribution in [0.3, 0.4) is 0 Å². The third-order valence-corrected chi connectivity index (χ3v) is 4.98. The van der Waals surface area contributed by atoms with Gasteiger partial charge in [-0.3, -0.25) is 4.79 Å². The number of hydrogen-bond donors (Lipinski definition) is 2. The van der Waals surface area contributed by atoms with Crippen LogP contribution in [0.5, 0.6) is 0 Å². The Morgan fingerprint density at radius 3 is 1.72 bits per heavy atom. The number of unbranched alkanes of at least 4 members (excludes halogenated alkanes) is 12. The minimum Gasteiger partial charge on any atom is -0.481 e. The van der Waals surface area contributed by atoms with E-state index in [4.69, 9.17) is 10.8 Å². The van der Waals surface area contributed by atoms with Crippen LogP contribution in [0.15, 0.2) is 12.2 Å². The lowest BCUT2D eigenvalue weighted by atomic mass is 9.94. The molecule has 25 heavy (non-hydrogen) atoms. The fraction of sp³-hybridized carbons (Fsp3) is 0.864. The number of allylic oxidation sites excluding steroid dienone is 2. The molecule has 0 radical (unpaired) electrons. The Bertz CT molecular complexity index is 326. The van der Waals surface area contributed by atoms with Gasteiger partial charge in [-0.2, -0.15) is 0 Å². The average Bonchev–Trinajstić information content (AvgIpc) is 2.57. The van der Waals surface area contributed by atoms with Crippen LogP contribution in [0.25, 0.3) is 0 Å². The normalized spacial score (nSPS) is 14.0. The van der Waals surface area contributed by atoms with E-state index >= 15 is 0 Å². The molecule has 0 bridgehead atoms. The van der Waals surface area contributed by atoms with Crippen LogP contribution in [0.4, 0.5) is 0 Å².